The minimum absolute atomic E-state index is 0.888. The standard InChI is InChI=1S/C23H24N2/c1-5-9-15-19(13-7-3)23-24-21-17-11-12-18-22(21)25(23)20(14-8-4)16-10-6-2/h5-18H,2,4H2,1,3H3/b9-5-,13-7-,16-10-,19-15+,20-14+. The van der Waals surface area contributed by atoms with Crippen LogP contribution in [-0.4, -0.2) is 9.55 Å². The van der Waals surface area contributed by atoms with E-state index < -0.39 is 0 Å². The van der Waals surface area contributed by atoms with E-state index in [0.29, 0.717) is 0 Å². The van der Waals surface area contributed by atoms with Crippen molar-refractivity contribution in [2.45, 2.75) is 13.8 Å². The lowest BCUT2D eigenvalue weighted by Crippen LogP contribution is -2.01. The minimum atomic E-state index is 0.888. The summed E-state index contributed by atoms with van der Waals surface area (Å²) in [4.78, 5) is 4.87. The third kappa shape index (κ3) is 4.24. The molecular formula is C23H24N2. The summed E-state index contributed by atoms with van der Waals surface area (Å²) in [7, 11) is 0. The Labute approximate surface area is 150 Å². The summed E-state index contributed by atoms with van der Waals surface area (Å²) in [5.41, 5.74) is 4.03. The van der Waals surface area contributed by atoms with Gasteiger partial charge in [0.1, 0.15) is 5.82 Å². The molecule has 0 atom stereocenters. The molecule has 0 aliphatic carbocycles. The fourth-order valence-corrected chi connectivity index (χ4v) is 2.56. The van der Waals surface area contributed by atoms with E-state index >= 15 is 0 Å². The van der Waals surface area contributed by atoms with E-state index in [1.165, 1.54) is 0 Å². The summed E-state index contributed by atoms with van der Waals surface area (Å²) in [6, 6.07) is 8.14. The molecular weight excluding hydrogens is 304 g/mol. The maximum absolute atomic E-state index is 4.87. The highest BCUT2D eigenvalue weighted by atomic mass is 15.1. The van der Waals surface area contributed by atoms with Gasteiger partial charge in [-0.05, 0) is 38.1 Å². The zero-order chi connectivity index (χ0) is 18.1. The van der Waals surface area contributed by atoms with Crippen LogP contribution in [0.5, 0.6) is 0 Å². The van der Waals surface area contributed by atoms with Crippen LogP contribution >= 0.6 is 0 Å². The zero-order valence-corrected chi connectivity index (χ0v) is 14.9. The number of para-hydroxylation sites is 2. The molecule has 0 aliphatic rings. The molecule has 0 unspecified atom stereocenters. The summed E-state index contributed by atoms with van der Waals surface area (Å²) in [6.07, 6.45) is 19.6. The summed E-state index contributed by atoms with van der Waals surface area (Å²) >= 11 is 0. The van der Waals surface area contributed by atoms with Crippen molar-refractivity contribution in [2.24, 2.45) is 0 Å². The number of aromatic nitrogens is 2. The van der Waals surface area contributed by atoms with E-state index in [4.69, 9.17) is 4.98 Å². The van der Waals surface area contributed by atoms with Crippen molar-refractivity contribution < 1.29 is 0 Å². The van der Waals surface area contributed by atoms with E-state index in [0.717, 1.165) is 28.1 Å². The fraction of sp³-hybridized carbons (Fsp3) is 0.0870. The maximum Gasteiger partial charge on any atom is 0.145 e. The smallest absolute Gasteiger partial charge is 0.145 e. The van der Waals surface area contributed by atoms with Gasteiger partial charge in [0, 0.05) is 11.3 Å². The van der Waals surface area contributed by atoms with Crippen LogP contribution in [-0.2, 0) is 0 Å². The summed E-state index contributed by atoms with van der Waals surface area (Å²) < 4.78 is 2.15. The topological polar surface area (TPSA) is 17.8 Å². The number of benzene rings is 1. The third-order valence-electron chi connectivity index (χ3n) is 3.58. The quantitative estimate of drug-likeness (QED) is 0.542. The van der Waals surface area contributed by atoms with Crippen LogP contribution in [0.4, 0.5) is 0 Å². The molecule has 0 amide bonds. The van der Waals surface area contributed by atoms with Gasteiger partial charge < -0.3 is 0 Å². The van der Waals surface area contributed by atoms with Crippen LogP contribution in [0.25, 0.3) is 22.3 Å². The van der Waals surface area contributed by atoms with Crippen LogP contribution in [0.15, 0.2) is 98.2 Å². The molecule has 0 bridgehead atoms. The average Bonchev–Trinajstić information content (AvgIpc) is 3.01. The summed E-state index contributed by atoms with van der Waals surface area (Å²) in [5, 5.41) is 0. The lowest BCUT2D eigenvalue weighted by atomic mass is 10.2. The Kier molecular flexibility index (Phi) is 6.73. The molecule has 0 spiro atoms. The Bertz CT molecular complexity index is 899. The van der Waals surface area contributed by atoms with Crippen molar-refractivity contribution in [2.75, 3.05) is 0 Å². The predicted molar refractivity (Wildman–Crippen MR) is 111 cm³/mol. The second-order valence-corrected chi connectivity index (χ2v) is 5.33. The zero-order valence-electron chi connectivity index (χ0n) is 14.9. The minimum Gasteiger partial charge on any atom is -0.292 e. The number of imidazole rings is 1. The van der Waals surface area contributed by atoms with Crippen LogP contribution in [0, 0.1) is 0 Å². The van der Waals surface area contributed by atoms with E-state index in [1.807, 2.05) is 68.5 Å². The van der Waals surface area contributed by atoms with Gasteiger partial charge in [-0.3, -0.25) is 4.57 Å². The molecule has 2 rings (SSSR count). The third-order valence-corrected chi connectivity index (χ3v) is 3.58. The van der Waals surface area contributed by atoms with E-state index in [2.05, 4.69) is 35.9 Å². The Hall–Kier alpha value is -3.13. The number of allylic oxidation sites excluding steroid dienone is 12. The summed E-state index contributed by atoms with van der Waals surface area (Å²) in [6.45, 7) is 11.6. The van der Waals surface area contributed by atoms with Gasteiger partial charge in [0.05, 0.1) is 11.0 Å². The first-order chi connectivity index (χ1) is 12.3. The molecule has 1 heterocycles. The largest absolute Gasteiger partial charge is 0.292 e. The van der Waals surface area contributed by atoms with Crippen molar-refractivity contribution in [1.82, 2.24) is 9.55 Å². The molecule has 1 aromatic carbocycles. The lowest BCUT2D eigenvalue weighted by Gasteiger charge is -2.11. The lowest BCUT2D eigenvalue weighted by molar-refractivity contribution is 1.09. The maximum atomic E-state index is 4.87. The molecule has 0 fully saturated rings. The van der Waals surface area contributed by atoms with Crippen LogP contribution in [0.1, 0.15) is 19.7 Å². The fourth-order valence-electron chi connectivity index (χ4n) is 2.56. The van der Waals surface area contributed by atoms with Crippen molar-refractivity contribution >= 4 is 22.3 Å². The van der Waals surface area contributed by atoms with E-state index in [-0.39, 0.29) is 0 Å². The molecule has 1 aromatic heterocycles. The van der Waals surface area contributed by atoms with Gasteiger partial charge in [0.15, 0.2) is 0 Å². The van der Waals surface area contributed by atoms with Crippen LogP contribution < -0.4 is 0 Å². The highest BCUT2D eigenvalue weighted by Gasteiger charge is 2.14. The molecule has 0 saturated heterocycles. The molecule has 0 N–H and O–H groups in total. The first-order valence-corrected chi connectivity index (χ1v) is 8.32. The number of nitrogens with zero attached hydrogens (tertiary/aromatic N) is 2. The van der Waals surface area contributed by atoms with Crippen molar-refractivity contribution in [3.05, 3.63) is 104 Å². The van der Waals surface area contributed by atoms with Gasteiger partial charge in [-0.15, -0.1) is 0 Å². The van der Waals surface area contributed by atoms with E-state index in [1.54, 1.807) is 12.2 Å². The average molecular weight is 328 g/mol. The van der Waals surface area contributed by atoms with Crippen molar-refractivity contribution in [3.8, 4) is 0 Å². The monoisotopic (exact) mass is 328 g/mol. The number of hydrogen-bond acceptors (Lipinski definition) is 1. The molecule has 2 nitrogen and oxygen atoms in total. The summed E-state index contributed by atoms with van der Waals surface area (Å²) in [5.74, 6) is 0.888. The van der Waals surface area contributed by atoms with Gasteiger partial charge in [-0.2, -0.15) is 0 Å². The first kappa shape index (κ1) is 18.2. The molecule has 0 saturated carbocycles. The number of rotatable bonds is 7. The Balaban J connectivity index is 2.84. The van der Waals surface area contributed by atoms with Crippen LogP contribution in [0.2, 0.25) is 0 Å². The van der Waals surface area contributed by atoms with Gasteiger partial charge in [-0.1, -0.05) is 73.9 Å². The molecule has 25 heavy (non-hydrogen) atoms. The molecule has 2 aromatic rings. The number of fused-ring (bicyclic) bond motifs is 1. The van der Waals surface area contributed by atoms with Gasteiger partial charge in [0.25, 0.3) is 0 Å². The molecule has 2 heteroatoms. The first-order valence-electron chi connectivity index (χ1n) is 8.32. The predicted octanol–water partition coefficient (Wildman–Crippen LogP) is 6.34. The van der Waals surface area contributed by atoms with Gasteiger partial charge in [0.2, 0.25) is 0 Å². The number of hydrogen-bond donors (Lipinski definition) is 0. The Morgan fingerprint density at radius 1 is 0.960 bits per heavy atom. The van der Waals surface area contributed by atoms with Gasteiger partial charge >= 0.3 is 0 Å². The molecule has 0 radical (unpaired) electrons. The van der Waals surface area contributed by atoms with Crippen molar-refractivity contribution in [3.63, 3.8) is 0 Å². The highest BCUT2D eigenvalue weighted by molar-refractivity contribution is 5.87. The Morgan fingerprint density at radius 2 is 1.76 bits per heavy atom. The normalized spacial score (nSPS) is 13.5. The second kappa shape index (κ2) is 9.24. The highest BCUT2D eigenvalue weighted by Crippen LogP contribution is 2.27. The molecule has 0 aliphatic heterocycles. The molecule has 126 valence electrons. The SMILES string of the molecule is C=C/C=C\C(=C/C=C)n1c(C(/C=C\C)=C/C=C\C)nc2ccccc21. The van der Waals surface area contributed by atoms with E-state index in [9.17, 15) is 0 Å². The van der Waals surface area contributed by atoms with Crippen molar-refractivity contribution in [1.29, 1.82) is 0 Å². The second-order valence-electron chi connectivity index (χ2n) is 5.33. The Morgan fingerprint density at radius 3 is 2.44 bits per heavy atom. The van der Waals surface area contributed by atoms with Gasteiger partial charge in [-0.25, -0.2) is 4.98 Å². The van der Waals surface area contributed by atoms with Crippen LogP contribution in [0.3, 0.4) is 0 Å².